The Labute approximate surface area is 197 Å². The molecule has 34 heavy (non-hydrogen) atoms. The lowest BCUT2D eigenvalue weighted by molar-refractivity contribution is 0.0696. The van der Waals surface area contributed by atoms with E-state index in [0.717, 1.165) is 17.7 Å². The highest BCUT2D eigenvalue weighted by molar-refractivity contribution is 5.87. The molecule has 1 aromatic carbocycles. The second kappa shape index (κ2) is 11.2. The van der Waals surface area contributed by atoms with Gasteiger partial charge in [-0.15, -0.1) is 0 Å². The molecule has 0 unspecified atom stereocenters. The predicted molar refractivity (Wildman–Crippen MR) is 124 cm³/mol. The second-order valence-corrected chi connectivity index (χ2v) is 7.88. The maximum Gasteiger partial charge on any atom is 0.415 e. The van der Waals surface area contributed by atoms with Crippen molar-refractivity contribution >= 4 is 12.1 Å². The van der Waals surface area contributed by atoms with Crippen molar-refractivity contribution in [2.45, 2.75) is 13.0 Å². The van der Waals surface area contributed by atoms with Crippen molar-refractivity contribution in [1.29, 1.82) is 0 Å². The van der Waals surface area contributed by atoms with E-state index in [4.69, 9.17) is 14.6 Å². The van der Waals surface area contributed by atoms with Gasteiger partial charge < -0.3 is 19.5 Å². The number of aromatic nitrogens is 2. The number of carboxylic acid groups (broad SMARTS) is 1. The largest absolute Gasteiger partial charge is 0.478 e. The molecule has 1 fully saturated rings. The van der Waals surface area contributed by atoms with Gasteiger partial charge in [0.2, 0.25) is 5.88 Å². The van der Waals surface area contributed by atoms with E-state index in [1.165, 1.54) is 6.20 Å². The number of piperazine rings is 1. The van der Waals surface area contributed by atoms with Gasteiger partial charge in [0, 0.05) is 57.6 Å². The molecule has 9 nitrogen and oxygen atoms in total. The van der Waals surface area contributed by atoms with Crippen LogP contribution in [0.15, 0.2) is 67.0 Å². The van der Waals surface area contributed by atoms with E-state index in [1.54, 1.807) is 35.4 Å². The highest BCUT2D eigenvalue weighted by atomic mass is 16.6. The van der Waals surface area contributed by atoms with Crippen LogP contribution in [0.1, 0.15) is 21.6 Å². The van der Waals surface area contributed by atoms with Crippen molar-refractivity contribution < 1.29 is 24.2 Å². The third kappa shape index (κ3) is 6.52. The third-order valence-corrected chi connectivity index (χ3v) is 5.49. The van der Waals surface area contributed by atoms with Crippen molar-refractivity contribution in [3.05, 3.63) is 83.8 Å². The SMILES string of the molecule is O=C(O)c1ccc(CN2CCN(C(=O)Oc3ccc(CCOc4ccccn4)cc3)CC2)nc1. The molecule has 0 bridgehead atoms. The Hall–Kier alpha value is -3.98. The Bertz CT molecular complexity index is 1080. The molecule has 4 rings (SSSR count). The van der Waals surface area contributed by atoms with Crippen LogP contribution in [-0.4, -0.2) is 69.7 Å². The molecule has 1 aliphatic heterocycles. The van der Waals surface area contributed by atoms with Gasteiger partial charge in [0.25, 0.3) is 0 Å². The number of carboxylic acids is 1. The lowest BCUT2D eigenvalue weighted by atomic mass is 10.1. The summed E-state index contributed by atoms with van der Waals surface area (Å²) in [4.78, 5) is 35.7. The van der Waals surface area contributed by atoms with Crippen LogP contribution in [0.25, 0.3) is 0 Å². The van der Waals surface area contributed by atoms with E-state index in [-0.39, 0.29) is 11.7 Å². The molecule has 1 amide bonds. The normalized spacial score (nSPS) is 13.9. The molecule has 1 saturated heterocycles. The van der Waals surface area contributed by atoms with Gasteiger partial charge in [-0.05, 0) is 35.9 Å². The number of hydrogen-bond acceptors (Lipinski definition) is 7. The Morgan fingerprint density at radius 2 is 1.74 bits per heavy atom. The fourth-order valence-electron chi connectivity index (χ4n) is 3.56. The zero-order chi connectivity index (χ0) is 23.8. The Morgan fingerprint density at radius 3 is 2.38 bits per heavy atom. The first-order valence-electron chi connectivity index (χ1n) is 11.1. The predicted octanol–water partition coefficient (Wildman–Crippen LogP) is 3.11. The molecule has 176 valence electrons. The van der Waals surface area contributed by atoms with Gasteiger partial charge in [-0.25, -0.2) is 14.6 Å². The van der Waals surface area contributed by atoms with Crippen molar-refractivity contribution in [1.82, 2.24) is 19.8 Å². The number of amides is 1. The third-order valence-electron chi connectivity index (χ3n) is 5.49. The van der Waals surface area contributed by atoms with Gasteiger partial charge in [0.1, 0.15) is 5.75 Å². The lowest BCUT2D eigenvalue weighted by Gasteiger charge is -2.33. The molecule has 0 radical (unpaired) electrons. The zero-order valence-electron chi connectivity index (χ0n) is 18.7. The van der Waals surface area contributed by atoms with Crippen LogP contribution in [0.5, 0.6) is 11.6 Å². The molecule has 9 heteroatoms. The van der Waals surface area contributed by atoms with Gasteiger partial charge in [0.15, 0.2) is 0 Å². The minimum atomic E-state index is -0.990. The van der Waals surface area contributed by atoms with Gasteiger partial charge in [-0.2, -0.15) is 0 Å². The zero-order valence-corrected chi connectivity index (χ0v) is 18.7. The molecule has 0 atom stereocenters. The lowest BCUT2D eigenvalue weighted by Crippen LogP contribution is -2.49. The van der Waals surface area contributed by atoms with E-state index >= 15 is 0 Å². The number of nitrogens with zero attached hydrogens (tertiary/aromatic N) is 4. The van der Waals surface area contributed by atoms with E-state index in [2.05, 4.69) is 14.9 Å². The minimum Gasteiger partial charge on any atom is -0.478 e. The first-order valence-corrected chi connectivity index (χ1v) is 11.1. The quantitative estimate of drug-likeness (QED) is 0.545. The Kier molecular flexibility index (Phi) is 7.67. The van der Waals surface area contributed by atoms with Gasteiger partial charge in [0.05, 0.1) is 17.9 Å². The standard InChI is InChI=1S/C25H26N4O5/c30-24(31)20-6-7-21(27-17-20)18-28-12-14-29(15-13-28)25(32)34-22-8-4-19(5-9-22)10-16-33-23-3-1-2-11-26-23/h1-9,11,17H,10,12-16,18H2,(H,30,31). The summed E-state index contributed by atoms with van der Waals surface area (Å²) in [5, 5.41) is 8.96. The van der Waals surface area contributed by atoms with E-state index < -0.39 is 5.97 Å². The average Bonchev–Trinajstić information content (AvgIpc) is 2.86. The van der Waals surface area contributed by atoms with E-state index in [9.17, 15) is 9.59 Å². The fourth-order valence-corrected chi connectivity index (χ4v) is 3.56. The van der Waals surface area contributed by atoms with E-state index in [1.807, 2.05) is 30.3 Å². The molecule has 2 aromatic heterocycles. The van der Waals surface area contributed by atoms with Crippen molar-refractivity contribution in [2.75, 3.05) is 32.8 Å². The summed E-state index contributed by atoms with van der Waals surface area (Å²) in [5.41, 5.74) is 2.04. The van der Waals surface area contributed by atoms with Crippen LogP contribution in [0, 0.1) is 0 Å². The molecular formula is C25H26N4O5. The first-order chi connectivity index (χ1) is 16.6. The number of rotatable bonds is 8. The smallest absolute Gasteiger partial charge is 0.415 e. The number of pyridine rings is 2. The van der Waals surface area contributed by atoms with Crippen LogP contribution in [-0.2, 0) is 13.0 Å². The summed E-state index contributed by atoms with van der Waals surface area (Å²) in [6, 6.07) is 16.2. The van der Waals surface area contributed by atoms with Crippen molar-refractivity contribution in [3.8, 4) is 11.6 Å². The number of carbonyl (C=O) groups is 2. The maximum absolute atomic E-state index is 12.5. The summed E-state index contributed by atoms with van der Waals surface area (Å²) in [5.74, 6) is 0.112. The molecule has 3 heterocycles. The van der Waals surface area contributed by atoms with Crippen molar-refractivity contribution in [2.24, 2.45) is 0 Å². The van der Waals surface area contributed by atoms with Crippen LogP contribution in [0.2, 0.25) is 0 Å². The maximum atomic E-state index is 12.5. The monoisotopic (exact) mass is 462 g/mol. The van der Waals surface area contributed by atoms with Gasteiger partial charge >= 0.3 is 12.1 Å². The number of benzene rings is 1. The average molecular weight is 463 g/mol. The van der Waals surface area contributed by atoms with Crippen molar-refractivity contribution in [3.63, 3.8) is 0 Å². The topological polar surface area (TPSA) is 105 Å². The second-order valence-electron chi connectivity index (χ2n) is 7.88. The van der Waals surface area contributed by atoms with Crippen LogP contribution < -0.4 is 9.47 Å². The van der Waals surface area contributed by atoms with Crippen LogP contribution in [0.3, 0.4) is 0 Å². The molecule has 0 aliphatic carbocycles. The molecular weight excluding hydrogens is 436 g/mol. The van der Waals surface area contributed by atoms with Gasteiger partial charge in [-0.3, -0.25) is 9.88 Å². The minimum absolute atomic E-state index is 0.169. The van der Waals surface area contributed by atoms with Crippen LogP contribution >= 0.6 is 0 Å². The molecule has 1 aliphatic rings. The summed E-state index contributed by atoms with van der Waals surface area (Å²) in [6.45, 7) is 3.59. The number of aromatic carboxylic acids is 1. The Balaban J connectivity index is 1.19. The molecule has 0 saturated carbocycles. The summed E-state index contributed by atoms with van der Waals surface area (Å²) < 4.78 is 11.1. The Morgan fingerprint density at radius 1 is 0.941 bits per heavy atom. The molecule has 0 spiro atoms. The highest BCUT2D eigenvalue weighted by Gasteiger charge is 2.23. The van der Waals surface area contributed by atoms with Gasteiger partial charge in [-0.1, -0.05) is 18.2 Å². The molecule has 3 aromatic rings. The molecule has 1 N–H and O–H groups in total. The fraction of sp³-hybridized carbons (Fsp3) is 0.280. The van der Waals surface area contributed by atoms with E-state index in [0.29, 0.717) is 51.0 Å². The number of ether oxygens (including phenoxy) is 2. The van der Waals surface area contributed by atoms with Crippen LogP contribution in [0.4, 0.5) is 4.79 Å². The summed E-state index contributed by atoms with van der Waals surface area (Å²) >= 11 is 0. The first kappa shape index (κ1) is 23.2. The number of carbonyl (C=O) groups excluding carboxylic acids is 1. The number of hydrogen-bond donors (Lipinski definition) is 1. The summed E-state index contributed by atoms with van der Waals surface area (Å²) in [7, 11) is 0. The summed E-state index contributed by atoms with van der Waals surface area (Å²) in [6.07, 6.45) is 3.41. The highest BCUT2D eigenvalue weighted by Crippen LogP contribution is 2.16.